The molecule has 0 unspecified atom stereocenters. The van der Waals surface area contributed by atoms with Gasteiger partial charge in [-0.3, -0.25) is 4.72 Å². The maximum absolute atomic E-state index is 12.5. The van der Waals surface area contributed by atoms with E-state index in [1.165, 1.54) is 6.07 Å². The van der Waals surface area contributed by atoms with E-state index in [1.807, 2.05) is 19.9 Å². The number of nitrogens with zero attached hydrogens (tertiary/aromatic N) is 1. The van der Waals surface area contributed by atoms with Crippen molar-refractivity contribution < 1.29 is 8.42 Å². The molecule has 0 aliphatic heterocycles. The smallest absolute Gasteiger partial charge is 0.265 e. The van der Waals surface area contributed by atoms with Crippen molar-refractivity contribution in [1.82, 2.24) is 4.98 Å². The predicted molar refractivity (Wildman–Crippen MR) is 88.1 cm³/mol. The van der Waals surface area contributed by atoms with Crippen LogP contribution < -0.4 is 10.0 Å². The minimum Gasteiger partial charge on any atom is -0.369 e. The zero-order valence-electron chi connectivity index (χ0n) is 11.7. The number of benzene rings is 1. The summed E-state index contributed by atoms with van der Waals surface area (Å²) in [7, 11) is -3.71. The Balaban J connectivity index is 2.41. The molecule has 0 fully saturated rings. The summed E-state index contributed by atoms with van der Waals surface area (Å²) in [5.41, 5.74) is 1.51. The van der Waals surface area contributed by atoms with Crippen molar-refractivity contribution in [3.05, 3.63) is 46.6 Å². The van der Waals surface area contributed by atoms with E-state index in [4.69, 9.17) is 0 Å². The van der Waals surface area contributed by atoms with Gasteiger partial charge in [0.25, 0.3) is 10.0 Å². The minimum absolute atomic E-state index is 0.111. The Hall–Kier alpha value is -1.60. The Morgan fingerprint density at radius 2 is 2.05 bits per heavy atom. The summed E-state index contributed by atoms with van der Waals surface area (Å²) in [6.45, 7) is 4.37. The Bertz CT molecular complexity index is 748. The number of pyridine rings is 1. The Morgan fingerprint density at radius 3 is 2.71 bits per heavy atom. The molecule has 0 radical (unpaired) electrons. The van der Waals surface area contributed by atoms with Gasteiger partial charge in [0.15, 0.2) is 0 Å². The van der Waals surface area contributed by atoms with Crippen LogP contribution in [0.5, 0.6) is 0 Å². The highest BCUT2D eigenvalue weighted by Gasteiger charge is 2.20. The van der Waals surface area contributed by atoms with E-state index in [0.29, 0.717) is 22.5 Å². The minimum atomic E-state index is -3.71. The van der Waals surface area contributed by atoms with Crippen LogP contribution in [0.4, 0.5) is 11.5 Å². The van der Waals surface area contributed by atoms with Crippen molar-refractivity contribution in [2.75, 3.05) is 16.6 Å². The molecule has 0 aliphatic rings. The summed E-state index contributed by atoms with van der Waals surface area (Å²) in [5.74, 6) is 0.334. The van der Waals surface area contributed by atoms with E-state index in [2.05, 4.69) is 31.0 Å². The number of nitrogens with one attached hydrogen (secondary N) is 2. The van der Waals surface area contributed by atoms with Crippen LogP contribution in [0, 0.1) is 6.92 Å². The fourth-order valence-electron chi connectivity index (χ4n) is 1.84. The van der Waals surface area contributed by atoms with E-state index in [9.17, 15) is 8.42 Å². The second kappa shape index (κ2) is 6.44. The number of sulfonamides is 1. The zero-order valence-corrected chi connectivity index (χ0v) is 14.1. The molecule has 0 amide bonds. The van der Waals surface area contributed by atoms with Crippen LogP contribution in [0.15, 0.2) is 45.9 Å². The Morgan fingerprint density at radius 1 is 1.29 bits per heavy atom. The molecule has 0 spiro atoms. The maximum atomic E-state index is 12.5. The van der Waals surface area contributed by atoms with Crippen molar-refractivity contribution in [3.63, 3.8) is 0 Å². The van der Waals surface area contributed by atoms with Crippen LogP contribution in [0.25, 0.3) is 0 Å². The third-order valence-electron chi connectivity index (χ3n) is 2.72. The molecule has 0 saturated heterocycles. The first-order valence-electron chi connectivity index (χ1n) is 6.41. The molecule has 7 heteroatoms. The van der Waals surface area contributed by atoms with E-state index in [1.54, 1.807) is 24.4 Å². The lowest BCUT2D eigenvalue weighted by atomic mass is 10.2. The molecule has 0 saturated carbocycles. The number of anilines is 2. The van der Waals surface area contributed by atoms with Gasteiger partial charge in [-0.15, -0.1) is 0 Å². The number of hydrogen-bond acceptors (Lipinski definition) is 4. The van der Waals surface area contributed by atoms with E-state index >= 15 is 0 Å². The van der Waals surface area contributed by atoms with Gasteiger partial charge in [0.1, 0.15) is 10.7 Å². The molecule has 5 nitrogen and oxygen atoms in total. The fraction of sp³-hybridized carbons (Fsp3) is 0.214. The highest BCUT2D eigenvalue weighted by molar-refractivity contribution is 9.10. The fourth-order valence-corrected chi connectivity index (χ4v) is 3.54. The SMILES string of the molecule is CCNc1ncc(Br)cc1S(=O)(=O)Nc1cccc(C)c1. The van der Waals surface area contributed by atoms with Gasteiger partial charge in [0, 0.05) is 22.9 Å². The van der Waals surface area contributed by atoms with Gasteiger partial charge in [-0.25, -0.2) is 13.4 Å². The number of halogens is 1. The zero-order chi connectivity index (χ0) is 15.5. The van der Waals surface area contributed by atoms with Gasteiger partial charge in [0.05, 0.1) is 0 Å². The van der Waals surface area contributed by atoms with Gasteiger partial charge in [0.2, 0.25) is 0 Å². The van der Waals surface area contributed by atoms with Crippen LogP contribution in [-0.4, -0.2) is 19.9 Å². The lowest BCUT2D eigenvalue weighted by Crippen LogP contribution is -2.16. The lowest BCUT2D eigenvalue weighted by Gasteiger charge is -2.13. The third-order valence-corrected chi connectivity index (χ3v) is 4.55. The van der Waals surface area contributed by atoms with Crippen LogP contribution in [0.2, 0.25) is 0 Å². The molecule has 0 aliphatic carbocycles. The molecular formula is C14H16BrN3O2S. The van der Waals surface area contributed by atoms with Gasteiger partial charge < -0.3 is 5.32 Å². The Labute approximate surface area is 133 Å². The number of hydrogen-bond donors (Lipinski definition) is 2. The molecule has 2 aromatic rings. The van der Waals surface area contributed by atoms with Crippen LogP contribution in [0.1, 0.15) is 12.5 Å². The van der Waals surface area contributed by atoms with Crippen molar-refractivity contribution in [3.8, 4) is 0 Å². The van der Waals surface area contributed by atoms with Crippen molar-refractivity contribution in [1.29, 1.82) is 0 Å². The predicted octanol–water partition coefficient (Wildman–Crippen LogP) is 3.39. The normalized spacial score (nSPS) is 11.2. The molecular weight excluding hydrogens is 354 g/mol. The molecule has 0 bridgehead atoms. The van der Waals surface area contributed by atoms with Crippen molar-refractivity contribution >= 4 is 37.5 Å². The van der Waals surface area contributed by atoms with Gasteiger partial charge in [-0.2, -0.15) is 0 Å². The average molecular weight is 370 g/mol. The molecule has 1 aromatic heterocycles. The van der Waals surface area contributed by atoms with Gasteiger partial charge in [-0.1, -0.05) is 12.1 Å². The standard InChI is InChI=1S/C14H16BrN3O2S/c1-3-16-14-13(8-11(15)9-17-14)21(19,20)18-12-6-4-5-10(2)7-12/h4-9,18H,3H2,1-2H3,(H,16,17). The lowest BCUT2D eigenvalue weighted by molar-refractivity contribution is 0.601. The second-order valence-electron chi connectivity index (χ2n) is 4.51. The third kappa shape index (κ3) is 3.95. The quantitative estimate of drug-likeness (QED) is 0.847. The van der Waals surface area contributed by atoms with Crippen LogP contribution in [-0.2, 0) is 10.0 Å². The Kier molecular flexibility index (Phi) is 4.84. The molecule has 2 rings (SSSR count). The first kappa shape index (κ1) is 15.8. The summed E-state index contributed by atoms with van der Waals surface area (Å²) in [6, 6.07) is 8.72. The molecule has 21 heavy (non-hydrogen) atoms. The van der Waals surface area contributed by atoms with Gasteiger partial charge >= 0.3 is 0 Å². The topological polar surface area (TPSA) is 71.1 Å². The molecule has 1 aromatic carbocycles. The summed E-state index contributed by atoms with van der Waals surface area (Å²) >= 11 is 3.25. The summed E-state index contributed by atoms with van der Waals surface area (Å²) in [6.07, 6.45) is 1.56. The van der Waals surface area contributed by atoms with E-state index in [-0.39, 0.29) is 4.90 Å². The molecule has 0 atom stereocenters. The number of aromatic nitrogens is 1. The molecule has 1 heterocycles. The van der Waals surface area contributed by atoms with Crippen LogP contribution in [0.3, 0.4) is 0 Å². The summed E-state index contributed by atoms with van der Waals surface area (Å²) < 4.78 is 28.3. The van der Waals surface area contributed by atoms with Crippen molar-refractivity contribution in [2.45, 2.75) is 18.7 Å². The highest BCUT2D eigenvalue weighted by Crippen LogP contribution is 2.25. The largest absolute Gasteiger partial charge is 0.369 e. The summed E-state index contributed by atoms with van der Waals surface area (Å²) in [5, 5.41) is 2.96. The number of aryl methyl sites for hydroxylation is 1. The van der Waals surface area contributed by atoms with E-state index in [0.717, 1.165) is 5.56 Å². The molecule has 2 N–H and O–H groups in total. The van der Waals surface area contributed by atoms with Crippen molar-refractivity contribution in [2.24, 2.45) is 0 Å². The maximum Gasteiger partial charge on any atom is 0.265 e. The van der Waals surface area contributed by atoms with Gasteiger partial charge in [-0.05, 0) is 53.5 Å². The first-order chi connectivity index (χ1) is 9.92. The van der Waals surface area contributed by atoms with E-state index < -0.39 is 10.0 Å². The molecule has 112 valence electrons. The summed E-state index contributed by atoms with van der Waals surface area (Å²) in [4.78, 5) is 4.23. The average Bonchev–Trinajstić information content (AvgIpc) is 2.40. The monoisotopic (exact) mass is 369 g/mol. The first-order valence-corrected chi connectivity index (χ1v) is 8.69. The van der Waals surface area contributed by atoms with Crippen LogP contribution >= 0.6 is 15.9 Å². The second-order valence-corrected chi connectivity index (χ2v) is 7.07. The number of rotatable bonds is 5. The highest BCUT2D eigenvalue weighted by atomic mass is 79.9.